The molecule has 3 rings (SSSR count). The van der Waals surface area contributed by atoms with Crippen LogP contribution in [0.3, 0.4) is 0 Å². The minimum absolute atomic E-state index is 0.222. The van der Waals surface area contributed by atoms with Gasteiger partial charge in [0.2, 0.25) is 10.0 Å². The molecule has 0 radical (unpaired) electrons. The van der Waals surface area contributed by atoms with Crippen LogP contribution in [0.25, 0.3) is 0 Å². The standard InChI is InChI=1S/C23H31N3O5S/c1-18(31-22-10-8-21(9-11-22)25(2)32(3,28)29)23(27)24-16-19-4-6-20(7-5-19)17-26-12-14-30-15-13-26/h4-11,18H,12-17H2,1-3H3,(H,24,27). The fourth-order valence-corrected chi connectivity index (χ4v) is 3.80. The lowest BCUT2D eigenvalue weighted by atomic mass is 10.1. The monoisotopic (exact) mass is 461 g/mol. The number of carbonyl (C=O) groups excluding carboxylic acids is 1. The number of hydrogen-bond acceptors (Lipinski definition) is 6. The van der Waals surface area contributed by atoms with Gasteiger partial charge in [-0.2, -0.15) is 0 Å². The molecule has 8 nitrogen and oxygen atoms in total. The Balaban J connectivity index is 1.46. The first-order chi connectivity index (χ1) is 15.2. The summed E-state index contributed by atoms with van der Waals surface area (Å²) in [5, 5.41) is 2.89. The molecule has 2 aromatic rings. The molecule has 0 spiro atoms. The van der Waals surface area contributed by atoms with E-state index in [0.717, 1.165) is 44.7 Å². The molecule has 1 saturated heterocycles. The quantitative estimate of drug-likeness (QED) is 0.615. The topological polar surface area (TPSA) is 88.2 Å². The lowest BCUT2D eigenvalue weighted by Crippen LogP contribution is -2.36. The lowest BCUT2D eigenvalue weighted by molar-refractivity contribution is -0.127. The molecule has 1 heterocycles. The van der Waals surface area contributed by atoms with Gasteiger partial charge in [0.1, 0.15) is 5.75 Å². The van der Waals surface area contributed by atoms with E-state index in [9.17, 15) is 13.2 Å². The summed E-state index contributed by atoms with van der Waals surface area (Å²) in [4.78, 5) is 14.8. The molecule has 174 valence electrons. The van der Waals surface area contributed by atoms with Gasteiger partial charge < -0.3 is 14.8 Å². The Labute approximate surface area is 190 Å². The lowest BCUT2D eigenvalue weighted by Gasteiger charge is -2.26. The highest BCUT2D eigenvalue weighted by molar-refractivity contribution is 7.92. The Morgan fingerprint density at radius 3 is 2.28 bits per heavy atom. The molecule has 0 aromatic heterocycles. The molecule has 0 bridgehead atoms. The van der Waals surface area contributed by atoms with Crippen LogP contribution in [0.4, 0.5) is 5.69 Å². The Kier molecular flexibility index (Phi) is 8.11. The van der Waals surface area contributed by atoms with Crippen molar-refractivity contribution in [2.45, 2.75) is 26.1 Å². The van der Waals surface area contributed by atoms with Gasteiger partial charge >= 0.3 is 0 Å². The summed E-state index contributed by atoms with van der Waals surface area (Å²) in [5.41, 5.74) is 2.78. The predicted molar refractivity (Wildman–Crippen MR) is 124 cm³/mol. The maximum atomic E-state index is 12.4. The van der Waals surface area contributed by atoms with E-state index in [-0.39, 0.29) is 5.91 Å². The molecular weight excluding hydrogens is 430 g/mol. The number of ether oxygens (including phenoxy) is 2. The number of amides is 1. The van der Waals surface area contributed by atoms with Crippen molar-refractivity contribution < 1.29 is 22.7 Å². The summed E-state index contributed by atoms with van der Waals surface area (Å²) < 4.78 is 35.5. The zero-order valence-corrected chi connectivity index (χ0v) is 19.6. The Morgan fingerprint density at radius 2 is 1.69 bits per heavy atom. The molecule has 1 fully saturated rings. The van der Waals surface area contributed by atoms with Crippen molar-refractivity contribution in [3.8, 4) is 5.75 Å². The van der Waals surface area contributed by atoms with E-state index < -0.39 is 16.1 Å². The molecule has 9 heteroatoms. The van der Waals surface area contributed by atoms with Crippen LogP contribution >= 0.6 is 0 Å². The minimum atomic E-state index is -3.33. The minimum Gasteiger partial charge on any atom is -0.481 e. The first-order valence-electron chi connectivity index (χ1n) is 10.6. The van der Waals surface area contributed by atoms with Gasteiger partial charge in [-0.15, -0.1) is 0 Å². The largest absolute Gasteiger partial charge is 0.481 e. The van der Waals surface area contributed by atoms with Crippen molar-refractivity contribution >= 4 is 21.6 Å². The van der Waals surface area contributed by atoms with Crippen LogP contribution in [0.1, 0.15) is 18.1 Å². The van der Waals surface area contributed by atoms with Gasteiger partial charge in [0.25, 0.3) is 5.91 Å². The number of carbonyl (C=O) groups is 1. The van der Waals surface area contributed by atoms with Crippen molar-refractivity contribution in [1.82, 2.24) is 10.2 Å². The van der Waals surface area contributed by atoms with Crippen LogP contribution in [-0.4, -0.2) is 64.9 Å². The number of morpholine rings is 1. The van der Waals surface area contributed by atoms with Gasteiger partial charge in [-0.1, -0.05) is 24.3 Å². The van der Waals surface area contributed by atoms with Gasteiger partial charge in [-0.3, -0.25) is 14.0 Å². The van der Waals surface area contributed by atoms with Crippen LogP contribution < -0.4 is 14.4 Å². The average Bonchev–Trinajstić information content (AvgIpc) is 2.78. The Bertz CT molecular complexity index is 987. The van der Waals surface area contributed by atoms with Gasteiger partial charge in [-0.05, 0) is 42.3 Å². The smallest absolute Gasteiger partial charge is 0.261 e. The fraction of sp³-hybridized carbons (Fsp3) is 0.435. The highest BCUT2D eigenvalue weighted by Gasteiger charge is 2.16. The maximum Gasteiger partial charge on any atom is 0.261 e. The molecule has 1 aliphatic rings. The second-order valence-electron chi connectivity index (χ2n) is 7.91. The molecule has 1 amide bonds. The molecule has 1 unspecified atom stereocenters. The van der Waals surface area contributed by atoms with Crippen LogP contribution in [0.2, 0.25) is 0 Å². The van der Waals surface area contributed by atoms with Crippen LogP contribution in [0.15, 0.2) is 48.5 Å². The Hall–Kier alpha value is -2.62. The van der Waals surface area contributed by atoms with E-state index in [1.807, 2.05) is 12.1 Å². The summed E-state index contributed by atoms with van der Waals surface area (Å²) >= 11 is 0. The SMILES string of the molecule is CC(Oc1ccc(N(C)S(C)(=O)=O)cc1)C(=O)NCc1ccc(CN2CCOCC2)cc1. The third kappa shape index (κ3) is 6.94. The number of benzene rings is 2. The first kappa shape index (κ1) is 24.0. The number of rotatable bonds is 9. The number of anilines is 1. The molecule has 1 aliphatic heterocycles. The highest BCUT2D eigenvalue weighted by Crippen LogP contribution is 2.21. The molecular formula is C23H31N3O5S. The van der Waals surface area contributed by atoms with Gasteiger partial charge in [-0.25, -0.2) is 8.42 Å². The van der Waals surface area contributed by atoms with Crippen molar-refractivity contribution in [1.29, 1.82) is 0 Å². The van der Waals surface area contributed by atoms with Crippen LogP contribution in [-0.2, 0) is 32.6 Å². The van der Waals surface area contributed by atoms with Crippen LogP contribution in [0.5, 0.6) is 5.75 Å². The number of hydrogen-bond donors (Lipinski definition) is 1. The van der Waals surface area contributed by atoms with E-state index in [1.165, 1.54) is 16.9 Å². The van der Waals surface area contributed by atoms with Crippen molar-refractivity contribution in [2.75, 3.05) is 43.9 Å². The van der Waals surface area contributed by atoms with Gasteiger partial charge in [0.15, 0.2) is 6.10 Å². The highest BCUT2D eigenvalue weighted by atomic mass is 32.2. The number of nitrogens with one attached hydrogen (secondary N) is 1. The number of sulfonamides is 1. The number of nitrogens with zero attached hydrogens (tertiary/aromatic N) is 2. The van der Waals surface area contributed by atoms with E-state index >= 15 is 0 Å². The summed E-state index contributed by atoms with van der Waals surface area (Å²) in [7, 11) is -1.85. The van der Waals surface area contributed by atoms with E-state index in [1.54, 1.807) is 31.2 Å². The summed E-state index contributed by atoms with van der Waals surface area (Å²) in [6, 6.07) is 14.8. The van der Waals surface area contributed by atoms with Crippen molar-refractivity contribution in [2.24, 2.45) is 0 Å². The van der Waals surface area contributed by atoms with E-state index in [4.69, 9.17) is 9.47 Å². The second-order valence-corrected chi connectivity index (χ2v) is 9.92. The Morgan fingerprint density at radius 1 is 1.09 bits per heavy atom. The van der Waals surface area contributed by atoms with Crippen molar-refractivity contribution in [3.63, 3.8) is 0 Å². The van der Waals surface area contributed by atoms with E-state index in [2.05, 4.69) is 22.3 Å². The molecule has 0 aliphatic carbocycles. The summed E-state index contributed by atoms with van der Waals surface area (Å²) in [6.45, 7) is 6.47. The van der Waals surface area contributed by atoms with Crippen LogP contribution in [0, 0.1) is 0 Å². The molecule has 0 saturated carbocycles. The molecule has 1 atom stereocenters. The third-order valence-electron chi connectivity index (χ3n) is 5.38. The normalized spacial score (nSPS) is 15.7. The predicted octanol–water partition coefficient (Wildman–Crippen LogP) is 2.00. The van der Waals surface area contributed by atoms with E-state index in [0.29, 0.717) is 18.0 Å². The second kappa shape index (κ2) is 10.8. The summed E-state index contributed by atoms with van der Waals surface area (Å²) in [5.74, 6) is 0.269. The van der Waals surface area contributed by atoms with Gasteiger partial charge in [0.05, 0.1) is 25.2 Å². The zero-order valence-electron chi connectivity index (χ0n) is 18.8. The molecule has 1 N–H and O–H groups in total. The van der Waals surface area contributed by atoms with Crippen molar-refractivity contribution in [3.05, 3.63) is 59.7 Å². The fourth-order valence-electron chi connectivity index (χ4n) is 3.30. The molecule has 32 heavy (non-hydrogen) atoms. The first-order valence-corrected chi connectivity index (χ1v) is 12.4. The zero-order chi connectivity index (χ0) is 23.1. The molecule has 2 aromatic carbocycles. The third-order valence-corrected chi connectivity index (χ3v) is 6.59. The maximum absolute atomic E-state index is 12.4. The average molecular weight is 462 g/mol. The summed E-state index contributed by atoms with van der Waals surface area (Å²) in [6.07, 6.45) is 0.454. The van der Waals surface area contributed by atoms with Gasteiger partial charge in [0, 0.05) is 33.2 Å².